The van der Waals surface area contributed by atoms with E-state index in [1.165, 1.54) is 6.07 Å². The number of benzene rings is 1. The topological polar surface area (TPSA) is 45.7 Å². The zero-order chi connectivity index (χ0) is 16.8. The highest BCUT2D eigenvalue weighted by atomic mass is 127. The Hall–Kier alpha value is -0.960. The lowest BCUT2D eigenvalue weighted by Gasteiger charge is -2.30. The van der Waals surface area contributed by atoms with E-state index >= 15 is 0 Å². The Morgan fingerprint density at radius 1 is 1.26 bits per heavy atom. The maximum Gasteiger partial charge on any atom is 0.191 e. The molecule has 0 amide bonds. The Kier molecular flexibility index (Phi) is 9.60. The highest BCUT2D eigenvalue weighted by molar-refractivity contribution is 14.0. The van der Waals surface area contributed by atoms with Crippen LogP contribution < -0.4 is 10.6 Å². The van der Waals surface area contributed by atoms with E-state index in [0.29, 0.717) is 12.5 Å². The zero-order valence-corrected chi connectivity index (χ0v) is 16.6. The van der Waals surface area contributed by atoms with Gasteiger partial charge in [-0.05, 0) is 23.6 Å². The molecule has 0 saturated carbocycles. The van der Waals surface area contributed by atoms with Crippen LogP contribution in [-0.4, -0.2) is 32.8 Å². The molecule has 1 aromatic rings. The molecule has 1 rings (SSSR count). The van der Waals surface area contributed by atoms with Gasteiger partial charge in [-0.15, -0.1) is 24.0 Å². The van der Waals surface area contributed by atoms with E-state index in [-0.39, 0.29) is 47.6 Å². The number of nitrogens with zero attached hydrogens (tertiary/aromatic N) is 1. The second-order valence-electron chi connectivity index (χ2n) is 6.13. The number of guanidine groups is 1. The van der Waals surface area contributed by atoms with Crippen molar-refractivity contribution in [2.45, 2.75) is 33.4 Å². The third kappa shape index (κ3) is 7.43. The fourth-order valence-corrected chi connectivity index (χ4v) is 2.01. The minimum Gasteiger partial charge on any atom is -0.379 e. The quantitative estimate of drug-likeness (QED) is 0.419. The van der Waals surface area contributed by atoms with Crippen molar-refractivity contribution in [3.05, 3.63) is 35.4 Å². The molecule has 0 heterocycles. The minimum atomic E-state index is -0.465. The van der Waals surface area contributed by atoms with Crippen LogP contribution in [0.4, 0.5) is 8.78 Å². The molecule has 0 aliphatic rings. The van der Waals surface area contributed by atoms with Gasteiger partial charge in [-0.25, -0.2) is 8.78 Å². The summed E-state index contributed by atoms with van der Waals surface area (Å²) in [6.07, 6.45) is -0.00282. The molecule has 2 N–H and O–H groups in total. The van der Waals surface area contributed by atoms with Crippen molar-refractivity contribution >= 4 is 29.9 Å². The SMILES string of the molecule is CN=C(NCc1cc(F)ccc1F)NCC(OC)C(C)(C)C.I. The fraction of sp³-hybridized carbons (Fsp3) is 0.562. The van der Waals surface area contributed by atoms with Crippen LogP contribution >= 0.6 is 24.0 Å². The summed E-state index contributed by atoms with van der Waals surface area (Å²) in [6.45, 7) is 6.96. The molecule has 1 atom stereocenters. The van der Waals surface area contributed by atoms with Gasteiger partial charge in [-0.1, -0.05) is 20.8 Å². The average Bonchev–Trinajstić information content (AvgIpc) is 2.44. The number of halogens is 3. The van der Waals surface area contributed by atoms with Crippen molar-refractivity contribution in [1.29, 1.82) is 0 Å². The molecule has 0 radical (unpaired) electrons. The van der Waals surface area contributed by atoms with E-state index in [4.69, 9.17) is 4.74 Å². The summed E-state index contributed by atoms with van der Waals surface area (Å²) in [5, 5.41) is 6.09. The normalized spacial score (nSPS) is 13.3. The first-order valence-corrected chi connectivity index (χ1v) is 7.19. The van der Waals surface area contributed by atoms with Gasteiger partial charge in [0.2, 0.25) is 0 Å². The molecule has 132 valence electrons. The summed E-state index contributed by atoms with van der Waals surface area (Å²) < 4.78 is 32.1. The molecule has 7 heteroatoms. The van der Waals surface area contributed by atoms with Crippen LogP contribution in [0.25, 0.3) is 0 Å². The summed E-state index contributed by atoms with van der Waals surface area (Å²) in [5.41, 5.74) is 0.233. The van der Waals surface area contributed by atoms with E-state index < -0.39 is 11.6 Å². The van der Waals surface area contributed by atoms with Crippen molar-refractivity contribution in [3.8, 4) is 0 Å². The monoisotopic (exact) mass is 441 g/mol. The Balaban J connectivity index is 0.00000484. The summed E-state index contributed by atoms with van der Waals surface area (Å²) in [4.78, 5) is 4.07. The smallest absolute Gasteiger partial charge is 0.191 e. The largest absolute Gasteiger partial charge is 0.379 e. The molecule has 1 unspecified atom stereocenters. The predicted molar refractivity (Wildman–Crippen MR) is 100 cm³/mol. The number of hydrogen-bond donors (Lipinski definition) is 2. The third-order valence-corrected chi connectivity index (χ3v) is 3.38. The fourth-order valence-electron chi connectivity index (χ4n) is 2.01. The van der Waals surface area contributed by atoms with E-state index in [2.05, 4.69) is 36.4 Å². The minimum absolute atomic E-state index is 0. The molecule has 0 bridgehead atoms. The molecule has 1 aromatic carbocycles. The van der Waals surface area contributed by atoms with Crippen molar-refractivity contribution in [2.24, 2.45) is 10.4 Å². The second-order valence-corrected chi connectivity index (χ2v) is 6.13. The van der Waals surface area contributed by atoms with Gasteiger partial charge in [0.1, 0.15) is 11.6 Å². The first-order valence-electron chi connectivity index (χ1n) is 7.19. The highest BCUT2D eigenvalue weighted by Gasteiger charge is 2.24. The van der Waals surface area contributed by atoms with Crippen LogP contribution in [-0.2, 0) is 11.3 Å². The number of aliphatic imine (C=N–C) groups is 1. The highest BCUT2D eigenvalue weighted by Crippen LogP contribution is 2.20. The van der Waals surface area contributed by atoms with E-state index in [9.17, 15) is 8.78 Å². The van der Waals surface area contributed by atoms with Gasteiger partial charge >= 0.3 is 0 Å². The summed E-state index contributed by atoms with van der Waals surface area (Å²) >= 11 is 0. The first kappa shape index (κ1) is 22.0. The van der Waals surface area contributed by atoms with E-state index in [1.807, 2.05) is 0 Å². The number of rotatable bonds is 5. The Bertz CT molecular complexity index is 519. The van der Waals surface area contributed by atoms with Crippen LogP contribution in [0.3, 0.4) is 0 Å². The van der Waals surface area contributed by atoms with Gasteiger partial charge in [0, 0.05) is 32.8 Å². The molecule has 0 saturated heterocycles. The van der Waals surface area contributed by atoms with Crippen LogP contribution in [0, 0.1) is 17.0 Å². The van der Waals surface area contributed by atoms with E-state index in [0.717, 1.165) is 12.1 Å². The lowest BCUT2D eigenvalue weighted by Crippen LogP contribution is -2.45. The maximum absolute atomic E-state index is 13.6. The van der Waals surface area contributed by atoms with Gasteiger partial charge in [0.05, 0.1) is 6.10 Å². The molecule has 0 spiro atoms. The summed E-state index contributed by atoms with van der Waals surface area (Å²) in [6, 6.07) is 3.38. The van der Waals surface area contributed by atoms with Crippen LogP contribution in [0.15, 0.2) is 23.2 Å². The number of hydrogen-bond acceptors (Lipinski definition) is 2. The number of nitrogens with one attached hydrogen (secondary N) is 2. The van der Waals surface area contributed by atoms with Crippen molar-refractivity contribution < 1.29 is 13.5 Å². The Morgan fingerprint density at radius 2 is 1.91 bits per heavy atom. The molecule has 0 aliphatic carbocycles. The van der Waals surface area contributed by atoms with Gasteiger partial charge in [-0.3, -0.25) is 4.99 Å². The molecule has 0 fully saturated rings. The Labute approximate surface area is 154 Å². The van der Waals surface area contributed by atoms with Crippen LogP contribution in [0.2, 0.25) is 0 Å². The molecular weight excluding hydrogens is 415 g/mol. The summed E-state index contributed by atoms with van der Waals surface area (Å²) in [7, 11) is 3.28. The van der Waals surface area contributed by atoms with Crippen LogP contribution in [0.1, 0.15) is 26.3 Å². The van der Waals surface area contributed by atoms with Gasteiger partial charge in [0.25, 0.3) is 0 Å². The van der Waals surface area contributed by atoms with Crippen LogP contribution in [0.5, 0.6) is 0 Å². The predicted octanol–water partition coefficient (Wildman–Crippen LogP) is 3.31. The zero-order valence-electron chi connectivity index (χ0n) is 14.2. The lowest BCUT2D eigenvalue weighted by atomic mass is 9.89. The average molecular weight is 441 g/mol. The standard InChI is InChI=1S/C16H25F2N3O.HI/c1-16(2,3)14(22-5)10-21-15(19-4)20-9-11-8-12(17)6-7-13(11)18;/h6-8,14H,9-10H2,1-5H3,(H2,19,20,21);1H. The molecule has 4 nitrogen and oxygen atoms in total. The Morgan fingerprint density at radius 3 is 2.43 bits per heavy atom. The van der Waals surface area contributed by atoms with Gasteiger partial charge < -0.3 is 15.4 Å². The third-order valence-electron chi connectivity index (χ3n) is 3.38. The lowest BCUT2D eigenvalue weighted by molar-refractivity contribution is 0.0205. The van der Waals surface area contributed by atoms with Crippen molar-refractivity contribution in [3.63, 3.8) is 0 Å². The molecule has 0 aromatic heterocycles. The maximum atomic E-state index is 13.6. The molecule has 23 heavy (non-hydrogen) atoms. The van der Waals surface area contributed by atoms with E-state index in [1.54, 1.807) is 14.2 Å². The summed E-state index contributed by atoms with van der Waals surface area (Å²) in [5.74, 6) is -0.405. The van der Waals surface area contributed by atoms with Crippen molar-refractivity contribution in [2.75, 3.05) is 20.7 Å². The second kappa shape index (κ2) is 10.0. The number of methoxy groups -OCH3 is 1. The molecular formula is C16H26F2IN3O. The molecule has 0 aliphatic heterocycles. The van der Waals surface area contributed by atoms with Crippen molar-refractivity contribution in [1.82, 2.24) is 10.6 Å². The van der Waals surface area contributed by atoms with Gasteiger partial charge in [-0.2, -0.15) is 0 Å². The van der Waals surface area contributed by atoms with Gasteiger partial charge in [0.15, 0.2) is 5.96 Å². The number of ether oxygens (including phenoxy) is 1. The first-order chi connectivity index (χ1) is 10.3.